The Bertz CT molecular complexity index is 421. The smallest absolute Gasteiger partial charge is 0.120 e. The number of benzene rings is 2. The van der Waals surface area contributed by atoms with E-state index in [9.17, 15) is 0 Å². The Morgan fingerprint density at radius 3 is 1.70 bits per heavy atom. The highest BCUT2D eigenvalue weighted by atomic mass is 16.5. The summed E-state index contributed by atoms with van der Waals surface area (Å²) in [7, 11) is 1.65. The van der Waals surface area contributed by atoms with Gasteiger partial charge in [0, 0.05) is 0 Å². The summed E-state index contributed by atoms with van der Waals surface area (Å²) in [5.74, 6) is 1.69. The molecule has 0 atom stereocenters. The van der Waals surface area contributed by atoms with Crippen LogP contribution in [0.5, 0.6) is 11.5 Å². The highest BCUT2D eigenvalue weighted by Crippen LogP contribution is 2.18. The lowest BCUT2D eigenvalue weighted by Crippen LogP contribution is -1.94. The summed E-state index contributed by atoms with van der Waals surface area (Å²) in [5, 5.41) is 0. The number of hydrogen-bond acceptors (Lipinski definition) is 2. The number of methoxy groups -OCH3 is 1. The topological polar surface area (TPSA) is 18.5 Å². The Hall–Kier alpha value is -1.96. The van der Waals surface area contributed by atoms with Crippen molar-refractivity contribution >= 4 is 0 Å². The van der Waals surface area contributed by atoms with E-state index in [-0.39, 0.29) is 0 Å². The molecule has 0 saturated carbocycles. The van der Waals surface area contributed by atoms with E-state index in [2.05, 4.69) is 0 Å². The minimum atomic E-state index is 0.590. The van der Waals surface area contributed by atoms with Crippen molar-refractivity contribution in [2.75, 3.05) is 7.11 Å². The molecule has 0 aliphatic carbocycles. The van der Waals surface area contributed by atoms with Gasteiger partial charge in [-0.15, -0.1) is 0 Å². The molecule has 0 spiro atoms. The Balaban J connectivity index is 0.000000829. The largest absolute Gasteiger partial charge is 0.497 e. The molecule has 2 nitrogen and oxygen atoms in total. The molecule has 2 aromatic rings. The fourth-order valence-electron chi connectivity index (χ4n) is 1.41. The van der Waals surface area contributed by atoms with Gasteiger partial charge in [-0.05, 0) is 29.8 Å². The minimum Gasteiger partial charge on any atom is -0.497 e. The van der Waals surface area contributed by atoms with Crippen LogP contribution in [0.15, 0.2) is 54.6 Å². The van der Waals surface area contributed by atoms with E-state index >= 15 is 0 Å². The Kier molecular flexibility index (Phi) is 10.9. The van der Waals surface area contributed by atoms with Crippen molar-refractivity contribution in [3.63, 3.8) is 0 Å². The first-order chi connectivity index (χ1) is 9.88. The zero-order valence-corrected chi connectivity index (χ0v) is 13.2. The van der Waals surface area contributed by atoms with E-state index in [1.165, 1.54) is 5.56 Å². The molecular formula is C18H26O2. The fraction of sp³-hybridized carbons (Fsp3) is 0.333. The SMILES string of the molecule is CC.CC.COc1ccc(OCc2ccccc2)cc1. The lowest BCUT2D eigenvalue weighted by Gasteiger charge is -2.06. The minimum absolute atomic E-state index is 0.590. The predicted molar refractivity (Wildman–Crippen MR) is 86.5 cm³/mol. The van der Waals surface area contributed by atoms with Crippen LogP contribution < -0.4 is 9.47 Å². The molecule has 0 amide bonds. The molecule has 0 aromatic heterocycles. The van der Waals surface area contributed by atoms with Crippen LogP contribution in [0.2, 0.25) is 0 Å². The number of hydrogen-bond donors (Lipinski definition) is 0. The Morgan fingerprint density at radius 2 is 1.20 bits per heavy atom. The van der Waals surface area contributed by atoms with Gasteiger partial charge in [-0.1, -0.05) is 58.0 Å². The van der Waals surface area contributed by atoms with Gasteiger partial charge in [0.15, 0.2) is 0 Å². The van der Waals surface area contributed by atoms with Crippen molar-refractivity contribution in [2.24, 2.45) is 0 Å². The monoisotopic (exact) mass is 274 g/mol. The second kappa shape index (κ2) is 12.1. The maximum absolute atomic E-state index is 5.64. The van der Waals surface area contributed by atoms with Crippen LogP contribution in [0.4, 0.5) is 0 Å². The van der Waals surface area contributed by atoms with Crippen molar-refractivity contribution in [1.82, 2.24) is 0 Å². The van der Waals surface area contributed by atoms with E-state index in [1.54, 1.807) is 7.11 Å². The predicted octanol–water partition coefficient (Wildman–Crippen LogP) is 5.33. The lowest BCUT2D eigenvalue weighted by molar-refractivity contribution is 0.305. The molecule has 0 aliphatic rings. The van der Waals surface area contributed by atoms with Crippen LogP contribution in [0, 0.1) is 0 Å². The molecule has 2 aromatic carbocycles. The summed E-state index contributed by atoms with van der Waals surface area (Å²) in [6.45, 7) is 8.59. The number of rotatable bonds is 4. The normalized spacial score (nSPS) is 8.45. The Labute approximate surface area is 123 Å². The van der Waals surface area contributed by atoms with Gasteiger partial charge < -0.3 is 9.47 Å². The maximum atomic E-state index is 5.64. The van der Waals surface area contributed by atoms with Gasteiger partial charge in [0.25, 0.3) is 0 Å². The van der Waals surface area contributed by atoms with Gasteiger partial charge in [-0.25, -0.2) is 0 Å². The second-order valence-corrected chi connectivity index (χ2v) is 3.45. The average Bonchev–Trinajstić information content (AvgIpc) is 2.58. The molecule has 0 unspecified atom stereocenters. The molecule has 0 aliphatic heterocycles. The van der Waals surface area contributed by atoms with Crippen molar-refractivity contribution in [3.05, 3.63) is 60.2 Å². The van der Waals surface area contributed by atoms with Gasteiger partial charge in [0.2, 0.25) is 0 Å². The third kappa shape index (κ3) is 6.83. The lowest BCUT2D eigenvalue weighted by atomic mass is 10.2. The first-order valence-corrected chi connectivity index (χ1v) is 7.19. The molecule has 0 radical (unpaired) electrons. The summed E-state index contributed by atoms with van der Waals surface area (Å²) in [6, 6.07) is 17.7. The fourth-order valence-corrected chi connectivity index (χ4v) is 1.41. The van der Waals surface area contributed by atoms with Crippen LogP contribution in [0.25, 0.3) is 0 Å². The van der Waals surface area contributed by atoms with E-state index in [1.807, 2.05) is 82.3 Å². The van der Waals surface area contributed by atoms with Crippen molar-refractivity contribution < 1.29 is 9.47 Å². The summed E-state index contributed by atoms with van der Waals surface area (Å²) < 4.78 is 10.7. The van der Waals surface area contributed by atoms with Crippen molar-refractivity contribution in [2.45, 2.75) is 34.3 Å². The maximum Gasteiger partial charge on any atom is 0.120 e. The molecule has 0 bridgehead atoms. The van der Waals surface area contributed by atoms with Crippen LogP contribution >= 0.6 is 0 Å². The highest BCUT2D eigenvalue weighted by molar-refractivity contribution is 5.31. The van der Waals surface area contributed by atoms with E-state index in [4.69, 9.17) is 9.47 Å². The molecule has 0 saturated heterocycles. The molecular weight excluding hydrogens is 248 g/mol. The average molecular weight is 274 g/mol. The standard InChI is InChI=1S/C14H14O2.2C2H6/c1-15-13-7-9-14(10-8-13)16-11-12-5-3-2-4-6-12;2*1-2/h2-10H,11H2,1H3;2*1-2H3. The van der Waals surface area contributed by atoms with Crippen molar-refractivity contribution in [1.29, 1.82) is 0 Å². The quantitative estimate of drug-likeness (QED) is 0.750. The summed E-state index contributed by atoms with van der Waals surface area (Å²) >= 11 is 0. The van der Waals surface area contributed by atoms with Gasteiger partial charge in [-0.3, -0.25) is 0 Å². The van der Waals surface area contributed by atoms with Gasteiger partial charge in [0.1, 0.15) is 18.1 Å². The van der Waals surface area contributed by atoms with Crippen LogP contribution in [0.1, 0.15) is 33.3 Å². The first kappa shape index (κ1) is 18.0. The van der Waals surface area contributed by atoms with E-state index in [0.29, 0.717) is 6.61 Å². The molecule has 0 N–H and O–H groups in total. The van der Waals surface area contributed by atoms with E-state index in [0.717, 1.165) is 11.5 Å². The highest BCUT2D eigenvalue weighted by Gasteiger charge is 1.96. The van der Waals surface area contributed by atoms with Crippen LogP contribution in [-0.2, 0) is 6.61 Å². The zero-order valence-electron chi connectivity index (χ0n) is 13.2. The third-order valence-corrected chi connectivity index (χ3v) is 2.31. The summed E-state index contributed by atoms with van der Waals surface area (Å²) in [6.07, 6.45) is 0. The Morgan fingerprint density at radius 1 is 0.700 bits per heavy atom. The molecule has 20 heavy (non-hydrogen) atoms. The second-order valence-electron chi connectivity index (χ2n) is 3.45. The van der Waals surface area contributed by atoms with Gasteiger partial charge in [-0.2, -0.15) is 0 Å². The molecule has 2 heteroatoms. The van der Waals surface area contributed by atoms with Crippen LogP contribution in [0.3, 0.4) is 0 Å². The summed E-state index contributed by atoms with van der Waals surface area (Å²) in [4.78, 5) is 0. The summed E-state index contributed by atoms with van der Waals surface area (Å²) in [5.41, 5.74) is 1.17. The third-order valence-electron chi connectivity index (χ3n) is 2.31. The molecule has 110 valence electrons. The number of ether oxygens (including phenoxy) is 2. The molecule has 0 heterocycles. The van der Waals surface area contributed by atoms with Crippen LogP contribution in [-0.4, -0.2) is 7.11 Å². The van der Waals surface area contributed by atoms with Gasteiger partial charge >= 0.3 is 0 Å². The van der Waals surface area contributed by atoms with E-state index < -0.39 is 0 Å². The van der Waals surface area contributed by atoms with Crippen molar-refractivity contribution in [3.8, 4) is 11.5 Å². The molecule has 2 rings (SSSR count). The van der Waals surface area contributed by atoms with Gasteiger partial charge in [0.05, 0.1) is 7.11 Å². The molecule has 0 fully saturated rings. The first-order valence-electron chi connectivity index (χ1n) is 7.19. The zero-order chi connectivity index (χ0) is 15.2.